The van der Waals surface area contributed by atoms with Gasteiger partial charge in [-0.3, -0.25) is 9.59 Å². The molecule has 0 atom stereocenters. The van der Waals surface area contributed by atoms with Crippen molar-refractivity contribution in [2.24, 2.45) is 0 Å². The maximum atomic E-state index is 12.8. The molecule has 2 aromatic carbocycles. The van der Waals surface area contributed by atoms with Gasteiger partial charge < -0.3 is 24.5 Å². The third-order valence-electron chi connectivity index (χ3n) is 4.54. The van der Waals surface area contributed by atoms with Gasteiger partial charge in [-0.25, -0.2) is 0 Å². The normalized spacial score (nSPS) is 11.0. The van der Waals surface area contributed by atoms with E-state index in [0.717, 1.165) is 11.1 Å². The highest BCUT2D eigenvalue weighted by Crippen LogP contribution is 2.27. The maximum absolute atomic E-state index is 12.8. The molecule has 2 N–H and O–H groups in total. The molecule has 0 unspecified atom stereocenters. The van der Waals surface area contributed by atoms with Crippen molar-refractivity contribution in [3.05, 3.63) is 89.0 Å². The van der Waals surface area contributed by atoms with Crippen LogP contribution in [0.1, 0.15) is 27.2 Å². The lowest BCUT2D eigenvalue weighted by atomic mass is 10.1. The fourth-order valence-electron chi connectivity index (χ4n) is 2.84. The highest BCUT2D eigenvalue weighted by Gasteiger charge is 2.16. The minimum absolute atomic E-state index is 0.0704. The summed E-state index contributed by atoms with van der Waals surface area (Å²) >= 11 is 0. The van der Waals surface area contributed by atoms with Gasteiger partial charge in [0.25, 0.3) is 11.8 Å². The molecule has 160 valence electrons. The Hall–Kier alpha value is -4.00. The van der Waals surface area contributed by atoms with E-state index in [1.165, 1.54) is 12.3 Å². The third kappa shape index (κ3) is 5.76. The number of methoxy groups -OCH3 is 2. The van der Waals surface area contributed by atoms with Gasteiger partial charge in [0.1, 0.15) is 11.5 Å². The lowest BCUT2D eigenvalue weighted by Crippen LogP contribution is -2.34. The van der Waals surface area contributed by atoms with Gasteiger partial charge in [-0.1, -0.05) is 23.8 Å². The molecule has 31 heavy (non-hydrogen) atoms. The number of carbonyl (C=O) groups is 2. The Balaban J connectivity index is 1.75. The first-order valence-electron chi connectivity index (χ1n) is 9.62. The lowest BCUT2D eigenvalue weighted by Gasteiger charge is -2.12. The number of rotatable bonds is 8. The van der Waals surface area contributed by atoms with Crippen LogP contribution in [0.25, 0.3) is 6.08 Å². The van der Waals surface area contributed by atoms with Crippen LogP contribution < -0.4 is 20.1 Å². The smallest absolute Gasteiger partial charge is 0.268 e. The van der Waals surface area contributed by atoms with Crippen LogP contribution in [0.15, 0.2) is 71.0 Å². The molecule has 0 aliphatic heterocycles. The molecular formula is C24H24N2O5. The van der Waals surface area contributed by atoms with Crippen molar-refractivity contribution < 1.29 is 23.5 Å². The number of amides is 2. The molecule has 0 spiro atoms. The monoisotopic (exact) mass is 420 g/mol. The molecule has 2 amide bonds. The molecule has 7 nitrogen and oxygen atoms in total. The molecule has 3 rings (SSSR count). The quantitative estimate of drug-likeness (QED) is 0.543. The molecule has 0 aliphatic rings. The van der Waals surface area contributed by atoms with Gasteiger partial charge in [-0.05, 0) is 48.9 Å². The average Bonchev–Trinajstić information content (AvgIpc) is 3.30. The summed E-state index contributed by atoms with van der Waals surface area (Å²) < 4.78 is 15.8. The second-order valence-corrected chi connectivity index (χ2v) is 6.77. The van der Waals surface area contributed by atoms with Crippen molar-refractivity contribution in [3.63, 3.8) is 0 Å². The number of ether oxygens (including phenoxy) is 2. The highest BCUT2D eigenvalue weighted by molar-refractivity contribution is 6.05. The van der Waals surface area contributed by atoms with Crippen LogP contribution in [0, 0.1) is 6.92 Å². The molecule has 1 aromatic heterocycles. The Labute approximate surface area is 180 Å². The number of carbonyl (C=O) groups excluding carboxylic acids is 2. The van der Waals surface area contributed by atoms with Crippen molar-refractivity contribution in [3.8, 4) is 11.5 Å². The number of hydrogen-bond acceptors (Lipinski definition) is 5. The van der Waals surface area contributed by atoms with Crippen LogP contribution in [0.3, 0.4) is 0 Å². The summed E-state index contributed by atoms with van der Waals surface area (Å²) in [6.45, 7) is 2.17. The van der Waals surface area contributed by atoms with Crippen LogP contribution in [0.5, 0.6) is 11.5 Å². The van der Waals surface area contributed by atoms with E-state index < -0.39 is 5.91 Å². The van der Waals surface area contributed by atoms with Crippen LogP contribution in [-0.4, -0.2) is 26.0 Å². The predicted octanol–water partition coefficient (Wildman–Crippen LogP) is 3.69. The van der Waals surface area contributed by atoms with Gasteiger partial charge in [0.2, 0.25) is 0 Å². The van der Waals surface area contributed by atoms with Crippen molar-refractivity contribution >= 4 is 17.9 Å². The molecule has 0 fully saturated rings. The number of benzene rings is 2. The van der Waals surface area contributed by atoms with Crippen LogP contribution in [0.4, 0.5) is 0 Å². The summed E-state index contributed by atoms with van der Waals surface area (Å²) in [6.07, 6.45) is 2.98. The first kappa shape index (κ1) is 21.7. The molecule has 3 aromatic rings. The molecule has 0 bridgehead atoms. The fourth-order valence-corrected chi connectivity index (χ4v) is 2.84. The average molecular weight is 420 g/mol. The SMILES string of the molecule is COc1ccc(CNC(=O)/C(=C/c2ccco2)NC(=O)c2ccc(C)cc2)cc1OC. The van der Waals surface area contributed by atoms with Crippen LogP contribution in [-0.2, 0) is 11.3 Å². The summed E-state index contributed by atoms with van der Waals surface area (Å²) in [7, 11) is 3.10. The van der Waals surface area contributed by atoms with E-state index in [1.54, 1.807) is 50.6 Å². The summed E-state index contributed by atoms with van der Waals surface area (Å²) in [5, 5.41) is 5.48. The van der Waals surface area contributed by atoms with Crippen molar-refractivity contribution in [1.29, 1.82) is 0 Å². The van der Waals surface area contributed by atoms with Crippen molar-refractivity contribution in [2.45, 2.75) is 13.5 Å². The Kier molecular flexibility index (Phi) is 7.11. The molecule has 0 saturated carbocycles. The Morgan fingerprint density at radius 2 is 1.74 bits per heavy atom. The van der Waals surface area contributed by atoms with Crippen molar-refractivity contribution in [1.82, 2.24) is 10.6 Å². The fraction of sp³-hybridized carbons (Fsp3) is 0.167. The second kappa shape index (κ2) is 10.2. The number of hydrogen-bond donors (Lipinski definition) is 2. The van der Waals surface area contributed by atoms with E-state index in [9.17, 15) is 9.59 Å². The van der Waals surface area contributed by atoms with E-state index in [4.69, 9.17) is 13.9 Å². The number of nitrogens with one attached hydrogen (secondary N) is 2. The molecule has 0 saturated heterocycles. The lowest BCUT2D eigenvalue weighted by molar-refractivity contribution is -0.117. The minimum Gasteiger partial charge on any atom is -0.493 e. The van der Waals surface area contributed by atoms with Gasteiger partial charge in [-0.15, -0.1) is 0 Å². The highest BCUT2D eigenvalue weighted by atomic mass is 16.5. The molecule has 0 radical (unpaired) electrons. The van der Waals surface area contributed by atoms with E-state index in [-0.39, 0.29) is 18.1 Å². The van der Waals surface area contributed by atoms with Gasteiger partial charge in [0.05, 0.1) is 20.5 Å². The maximum Gasteiger partial charge on any atom is 0.268 e. The van der Waals surface area contributed by atoms with Crippen LogP contribution in [0.2, 0.25) is 0 Å². The minimum atomic E-state index is -0.452. The summed E-state index contributed by atoms with van der Waals surface area (Å²) in [5.41, 5.74) is 2.37. The number of furan rings is 1. The van der Waals surface area contributed by atoms with Gasteiger partial charge in [0, 0.05) is 18.2 Å². The van der Waals surface area contributed by atoms with E-state index in [0.29, 0.717) is 22.8 Å². The molecule has 7 heteroatoms. The second-order valence-electron chi connectivity index (χ2n) is 6.77. The third-order valence-corrected chi connectivity index (χ3v) is 4.54. The van der Waals surface area contributed by atoms with E-state index in [2.05, 4.69) is 10.6 Å². The zero-order valence-corrected chi connectivity index (χ0v) is 17.6. The molecule has 1 heterocycles. The summed E-state index contributed by atoms with van der Waals surface area (Å²) in [5.74, 6) is 0.765. The first-order chi connectivity index (χ1) is 15.0. The Morgan fingerprint density at radius 1 is 1.00 bits per heavy atom. The zero-order valence-electron chi connectivity index (χ0n) is 17.6. The summed E-state index contributed by atoms with van der Waals surface area (Å²) in [6, 6.07) is 15.8. The largest absolute Gasteiger partial charge is 0.493 e. The van der Waals surface area contributed by atoms with E-state index in [1.807, 2.05) is 25.1 Å². The van der Waals surface area contributed by atoms with E-state index >= 15 is 0 Å². The standard InChI is InChI=1S/C24H24N2O5/c1-16-6-9-18(10-7-16)23(27)26-20(14-19-5-4-12-31-19)24(28)25-15-17-8-11-21(29-2)22(13-17)30-3/h4-14H,15H2,1-3H3,(H,25,28)(H,26,27)/b20-14-. The molecule has 0 aliphatic carbocycles. The van der Waals surface area contributed by atoms with Crippen molar-refractivity contribution in [2.75, 3.05) is 14.2 Å². The summed E-state index contributed by atoms with van der Waals surface area (Å²) in [4.78, 5) is 25.5. The van der Waals surface area contributed by atoms with Gasteiger partial charge in [-0.2, -0.15) is 0 Å². The number of aryl methyl sites for hydroxylation is 1. The zero-order chi connectivity index (χ0) is 22.2. The van der Waals surface area contributed by atoms with Crippen LogP contribution >= 0.6 is 0 Å². The predicted molar refractivity (Wildman–Crippen MR) is 117 cm³/mol. The Bertz CT molecular complexity index is 1070. The van der Waals surface area contributed by atoms with Gasteiger partial charge in [0.15, 0.2) is 11.5 Å². The topological polar surface area (TPSA) is 89.8 Å². The Morgan fingerprint density at radius 3 is 2.39 bits per heavy atom. The first-order valence-corrected chi connectivity index (χ1v) is 9.62. The van der Waals surface area contributed by atoms with Gasteiger partial charge >= 0.3 is 0 Å². The molecular weight excluding hydrogens is 396 g/mol.